The number of rotatable bonds is 3. The molecule has 23 heavy (non-hydrogen) atoms. The van der Waals surface area contributed by atoms with Crippen molar-refractivity contribution in [2.45, 2.75) is 25.8 Å². The Morgan fingerprint density at radius 1 is 1.35 bits per heavy atom. The van der Waals surface area contributed by atoms with Gasteiger partial charge < -0.3 is 10.2 Å². The van der Waals surface area contributed by atoms with Gasteiger partial charge in [-0.25, -0.2) is 0 Å². The summed E-state index contributed by atoms with van der Waals surface area (Å²) >= 11 is 6.08. The van der Waals surface area contributed by atoms with Gasteiger partial charge in [-0.2, -0.15) is 0 Å². The lowest BCUT2D eigenvalue weighted by Gasteiger charge is -2.25. The Morgan fingerprint density at radius 3 is 2.91 bits per heavy atom. The van der Waals surface area contributed by atoms with E-state index in [1.807, 2.05) is 37.3 Å². The van der Waals surface area contributed by atoms with E-state index in [2.05, 4.69) is 5.32 Å². The molecule has 1 aromatic rings. The molecule has 1 heterocycles. The van der Waals surface area contributed by atoms with E-state index in [1.54, 1.807) is 17.0 Å². The molecule has 0 bridgehead atoms. The fourth-order valence-electron chi connectivity index (χ4n) is 3.00. The SMILES string of the molecule is Cc1c(Cl)cccc1NC(=O)[C@H]1CC(=O)N([C@@H]2C=CC=CC2)C1. The van der Waals surface area contributed by atoms with Crippen molar-refractivity contribution in [2.24, 2.45) is 5.92 Å². The van der Waals surface area contributed by atoms with Gasteiger partial charge in [0.2, 0.25) is 11.8 Å². The maximum absolute atomic E-state index is 12.5. The summed E-state index contributed by atoms with van der Waals surface area (Å²) in [5.74, 6) is -0.403. The average molecular weight is 331 g/mol. The Hall–Kier alpha value is -2.07. The molecule has 0 spiro atoms. The molecule has 2 amide bonds. The predicted molar refractivity (Wildman–Crippen MR) is 91.3 cm³/mol. The maximum atomic E-state index is 12.5. The van der Waals surface area contributed by atoms with Gasteiger partial charge in [-0.3, -0.25) is 9.59 Å². The number of nitrogens with zero attached hydrogens (tertiary/aromatic N) is 1. The number of anilines is 1. The zero-order valence-electron chi connectivity index (χ0n) is 13.0. The molecule has 5 heteroatoms. The number of carbonyl (C=O) groups excluding carboxylic acids is 2. The van der Waals surface area contributed by atoms with E-state index in [9.17, 15) is 9.59 Å². The first kappa shape index (κ1) is 15.8. The Kier molecular flexibility index (Phi) is 4.53. The first-order valence-corrected chi connectivity index (χ1v) is 8.13. The summed E-state index contributed by atoms with van der Waals surface area (Å²) in [5, 5.41) is 3.52. The Labute approximate surface area is 140 Å². The average Bonchev–Trinajstić information content (AvgIpc) is 2.95. The van der Waals surface area contributed by atoms with Gasteiger partial charge in [0.25, 0.3) is 0 Å². The molecule has 1 aromatic carbocycles. The van der Waals surface area contributed by atoms with Crippen molar-refractivity contribution in [3.05, 3.63) is 53.1 Å². The zero-order chi connectivity index (χ0) is 16.4. The minimum absolute atomic E-state index is 0.0397. The van der Waals surface area contributed by atoms with Gasteiger partial charge in [-0.15, -0.1) is 0 Å². The molecule has 0 unspecified atom stereocenters. The monoisotopic (exact) mass is 330 g/mol. The molecule has 2 aliphatic rings. The number of halogens is 1. The number of allylic oxidation sites excluding steroid dienone is 2. The van der Waals surface area contributed by atoms with Crippen molar-refractivity contribution in [3.63, 3.8) is 0 Å². The second-order valence-electron chi connectivity index (χ2n) is 5.96. The standard InChI is InChI=1S/C18H19ClN2O2/c1-12-15(19)8-5-9-16(12)20-18(23)13-10-17(22)21(11-13)14-6-3-2-4-7-14/h2-6,8-9,13-14H,7,10-11H2,1H3,(H,20,23)/t13-,14+/m0/s1. The summed E-state index contributed by atoms with van der Waals surface area (Å²) in [7, 11) is 0. The van der Waals surface area contributed by atoms with Gasteiger partial charge in [0, 0.05) is 23.7 Å². The smallest absolute Gasteiger partial charge is 0.229 e. The summed E-state index contributed by atoms with van der Waals surface area (Å²) in [4.78, 5) is 26.5. The Morgan fingerprint density at radius 2 is 2.17 bits per heavy atom. The van der Waals surface area contributed by atoms with Crippen LogP contribution in [0, 0.1) is 12.8 Å². The fourth-order valence-corrected chi connectivity index (χ4v) is 3.18. The maximum Gasteiger partial charge on any atom is 0.229 e. The van der Waals surface area contributed by atoms with Crippen LogP contribution < -0.4 is 5.32 Å². The molecule has 0 saturated carbocycles. The van der Waals surface area contributed by atoms with E-state index in [-0.39, 0.29) is 30.2 Å². The summed E-state index contributed by atoms with van der Waals surface area (Å²) in [5.41, 5.74) is 1.54. The molecule has 0 radical (unpaired) electrons. The molecular formula is C18H19ClN2O2. The molecule has 2 atom stereocenters. The predicted octanol–water partition coefficient (Wildman–Crippen LogP) is 3.32. The minimum atomic E-state index is -0.319. The molecular weight excluding hydrogens is 312 g/mol. The molecule has 4 nitrogen and oxygen atoms in total. The highest BCUT2D eigenvalue weighted by Gasteiger charge is 2.37. The third-order valence-corrected chi connectivity index (χ3v) is 4.82. The number of nitrogens with one attached hydrogen (secondary N) is 1. The van der Waals surface area contributed by atoms with E-state index in [4.69, 9.17) is 11.6 Å². The van der Waals surface area contributed by atoms with Crippen molar-refractivity contribution >= 4 is 29.1 Å². The summed E-state index contributed by atoms with van der Waals surface area (Å²) in [6, 6.07) is 5.48. The first-order chi connectivity index (χ1) is 11.1. The third-order valence-electron chi connectivity index (χ3n) is 4.41. The van der Waals surface area contributed by atoms with Gasteiger partial charge in [0.15, 0.2) is 0 Å². The van der Waals surface area contributed by atoms with Crippen LogP contribution in [0.3, 0.4) is 0 Å². The Balaban J connectivity index is 1.67. The van der Waals surface area contributed by atoms with Crippen LogP contribution in [-0.4, -0.2) is 29.3 Å². The highest BCUT2D eigenvalue weighted by atomic mass is 35.5. The topological polar surface area (TPSA) is 49.4 Å². The molecule has 1 fully saturated rings. The van der Waals surface area contributed by atoms with Crippen LogP contribution in [0.2, 0.25) is 5.02 Å². The van der Waals surface area contributed by atoms with E-state index < -0.39 is 0 Å². The Bertz CT molecular complexity index is 696. The van der Waals surface area contributed by atoms with Crippen LogP contribution in [-0.2, 0) is 9.59 Å². The van der Waals surface area contributed by atoms with Crippen LogP contribution in [0.15, 0.2) is 42.5 Å². The van der Waals surface area contributed by atoms with Gasteiger partial charge in [0.05, 0.1) is 12.0 Å². The minimum Gasteiger partial charge on any atom is -0.335 e. The number of hydrogen-bond donors (Lipinski definition) is 1. The van der Waals surface area contributed by atoms with Gasteiger partial charge in [-0.1, -0.05) is 42.0 Å². The third kappa shape index (κ3) is 3.32. The lowest BCUT2D eigenvalue weighted by atomic mass is 10.1. The molecule has 1 aliphatic heterocycles. The van der Waals surface area contributed by atoms with Crippen molar-refractivity contribution < 1.29 is 9.59 Å². The lowest BCUT2D eigenvalue weighted by molar-refractivity contribution is -0.129. The van der Waals surface area contributed by atoms with Crippen molar-refractivity contribution in [1.82, 2.24) is 4.90 Å². The van der Waals surface area contributed by atoms with Crippen molar-refractivity contribution in [1.29, 1.82) is 0 Å². The second-order valence-corrected chi connectivity index (χ2v) is 6.37. The lowest BCUT2D eigenvalue weighted by Crippen LogP contribution is -2.36. The molecule has 3 rings (SSSR count). The normalized spacial score (nSPS) is 23.4. The van der Waals surface area contributed by atoms with Crippen LogP contribution in [0.25, 0.3) is 0 Å². The largest absolute Gasteiger partial charge is 0.335 e. The molecule has 1 saturated heterocycles. The van der Waals surface area contributed by atoms with E-state index in [0.29, 0.717) is 17.3 Å². The van der Waals surface area contributed by atoms with Gasteiger partial charge >= 0.3 is 0 Å². The number of amides is 2. The van der Waals surface area contributed by atoms with Crippen molar-refractivity contribution in [3.8, 4) is 0 Å². The van der Waals surface area contributed by atoms with Crippen molar-refractivity contribution in [2.75, 3.05) is 11.9 Å². The van der Waals surface area contributed by atoms with Crippen LogP contribution >= 0.6 is 11.6 Å². The first-order valence-electron chi connectivity index (χ1n) is 7.75. The van der Waals surface area contributed by atoms with Crippen LogP contribution in [0.1, 0.15) is 18.4 Å². The van der Waals surface area contributed by atoms with Crippen LogP contribution in [0.5, 0.6) is 0 Å². The van der Waals surface area contributed by atoms with E-state index in [0.717, 1.165) is 12.0 Å². The second kappa shape index (κ2) is 6.59. The quantitative estimate of drug-likeness (QED) is 0.924. The zero-order valence-corrected chi connectivity index (χ0v) is 13.7. The molecule has 1 N–H and O–H groups in total. The van der Waals surface area contributed by atoms with Crippen LogP contribution in [0.4, 0.5) is 5.69 Å². The number of likely N-dealkylation sites (tertiary alicyclic amines) is 1. The molecule has 1 aliphatic carbocycles. The van der Waals surface area contributed by atoms with Gasteiger partial charge in [0.1, 0.15) is 0 Å². The molecule has 120 valence electrons. The van der Waals surface area contributed by atoms with E-state index >= 15 is 0 Å². The number of hydrogen-bond acceptors (Lipinski definition) is 2. The van der Waals surface area contributed by atoms with E-state index in [1.165, 1.54) is 0 Å². The summed E-state index contributed by atoms with van der Waals surface area (Å²) < 4.78 is 0. The fraction of sp³-hybridized carbons (Fsp3) is 0.333. The number of carbonyl (C=O) groups is 2. The highest BCUT2D eigenvalue weighted by molar-refractivity contribution is 6.31. The van der Waals surface area contributed by atoms with Gasteiger partial charge in [-0.05, 0) is 31.0 Å². The number of benzene rings is 1. The molecule has 0 aromatic heterocycles. The summed E-state index contributed by atoms with van der Waals surface area (Å²) in [6.07, 6.45) is 9.05. The highest BCUT2D eigenvalue weighted by Crippen LogP contribution is 2.27. The summed E-state index contributed by atoms with van der Waals surface area (Å²) in [6.45, 7) is 2.33.